The molecule has 0 aliphatic carbocycles. The first-order chi connectivity index (χ1) is 17.7. The van der Waals surface area contributed by atoms with Gasteiger partial charge in [0.15, 0.2) is 11.5 Å². The van der Waals surface area contributed by atoms with Gasteiger partial charge in [0.25, 0.3) is 0 Å². The number of nitrogens with zero attached hydrogens (tertiary/aromatic N) is 1. The average Bonchev–Trinajstić information content (AvgIpc) is 3.35. The quantitative estimate of drug-likeness (QED) is 0.148. The number of benzene rings is 2. The van der Waals surface area contributed by atoms with Crippen LogP contribution in [-0.4, -0.2) is 66.3 Å². The highest BCUT2D eigenvalue weighted by atomic mass is 32.2. The van der Waals surface area contributed by atoms with E-state index in [0.29, 0.717) is 36.0 Å². The zero-order valence-corrected chi connectivity index (χ0v) is 23.0. The van der Waals surface area contributed by atoms with E-state index in [-0.39, 0.29) is 31.8 Å². The molecule has 0 amide bonds. The van der Waals surface area contributed by atoms with Crippen LogP contribution in [0.5, 0.6) is 17.2 Å². The van der Waals surface area contributed by atoms with E-state index in [2.05, 4.69) is 12.8 Å². The molecule has 8 nitrogen and oxygen atoms in total. The lowest BCUT2D eigenvalue weighted by Crippen LogP contribution is -2.42. The van der Waals surface area contributed by atoms with Gasteiger partial charge in [0.05, 0.1) is 29.1 Å². The van der Waals surface area contributed by atoms with Gasteiger partial charge >= 0.3 is 7.48 Å². The van der Waals surface area contributed by atoms with Gasteiger partial charge in [-0.15, -0.1) is 0 Å². The van der Waals surface area contributed by atoms with E-state index in [1.54, 1.807) is 30.0 Å². The summed E-state index contributed by atoms with van der Waals surface area (Å²) in [5.74, 6) is 5.89. The Hall–Kier alpha value is -2.24. The van der Waals surface area contributed by atoms with Crippen molar-refractivity contribution in [2.24, 2.45) is 11.7 Å². The summed E-state index contributed by atoms with van der Waals surface area (Å²) in [6, 6.07) is 13.0. The lowest BCUT2D eigenvalue weighted by atomic mass is 9.72. The van der Waals surface area contributed by atoms with Crippen molar-refractivity contribution in [1.29, 1.82) is 0 Å². The largest absolute Gasteiger partial charge is 0.494 e. The summed E-state index contributed by atoms with van der Waals surface area (Å²) in [6.45, 7) is 7.67. The van der Waals surface area contributed by atoms with Crippen LogP contribution in [0, 0.1) is 5.92 Å². The van der Waals surface area contributed by atoms with Crippen LogP contribution < -0.4 is 19.9 Å². The van der Waals surface area contributed by atoms with E-state index < -0.39 is 15.8 Å². The number of hydrogen-bond donors (Lipinski definition) is 2. The van der Waals surface area contributed by atoms with E-state index in [1.165, 1.54) is 0 Å². The highest BCUT2D eigenvalue weighted by molar-refractivity contribution is 7.98. The number of aliphatic hydroxyl groups excluding tert-OH is 1. The number of ether oxygens (including phenoxy) is 3. The van der Waals surface area contributed by atoms with Crippen molar-refractivity contribution in [3.8, 4) is 17.2 Å². The van der Waals surface area contributed by atoms with Crippen molar-refractivity contribution in [2.45, 2.75) is 56.9 Å². The van der Waals surface area contributed by atoms with Gasteiger partial charge in [-0.2, -0.15) is 0 Å². The van der Waals surface area contributed by atoms with E-state index >= 15 is 0 Å². The van der Waals surface area contributed by atoms with Gasteiger partial charge in [-0.3, -0.25) is 0 Å². The summed E-state index contributed by atoms with van der Waals surface area (Å²) in [5.41, 5.74) is 6.58. The molecule has 1 aliphatic rings. The third-order valence-corrected chi connectivity index (χ3v) is 8.23. The van der Waals surface area contributed by atoms with Crippen LogP contribution in [0.4, 0.5) is 0 Å². The minimum absolute atomic E-state index is 0.00636. The van der Waals surface area contributed by atoms with Gasteiger partial charge in [-0.1, -0.05) is 39.3 Å². The van der Waals surface area contributed by atoms with E-state index in [0.717, 1.165) is 24.2 Å². The molecular weight excluding hydrogens is 491 g/mol. The fraction of sp³-hybridized carbons (Fsp3) is 0.519. The number of fused-ring (bicyclic) bond motifs is 1. The topological polar surface area (TPSA) is 103 Å². The molecule has 3 N–H and O–H groups in total. The second-order valence-corrected chi connectivity index (χ2v) is 11.9. The van der Waals surface area contributed by atoms with Gasteiger partial charge in [0.1, 0.15) is 5.75 Å². The van der Waals surface area contributed by atoms with Crippen molar-refractivity contribution in [3.63, 3.8) is 0 Å². The molecule has 1 heterocycles. The molecule has 0 saturated carbocycles. The molecule has 0 spiro atoms. The molecule has 10 heteroatoms. The summed E-state index contributed by atoms with van der Waals surface area (Å²) >= 11 is 0. The van der Waals surface area contributed by atoms with E-state index in [1.807, 2.05) is 38.1 Å². The molecule has 203 valence electrons. The summed E-state index contributed by atoms with van der Waals surface area (Å²) in [4.78, 5) is 0.530. The highest BCUT2D eigenvalue weighted by Crippen LogP contribution is 2.35. The van der Waals surface area contributed by atoms with E-state index in [9.17, 15) is 9.32 Å². The van der Waals surface area contributed by atoms with Gasteiger partial charge in [0, 0.05) is 24.1 Å². The lowest BCUT2D eigenvalue weighted by Gasteiger charge is -2.32. The maximum atomic E-state index is 14.0. The molecule has 0 aromatic heterocycles. The van der Waals surface area contributed by atoms with Crippen molar-refractivity contribution in [3.05, 3.63) is 48.0 Å². The molecule has 0 saturated heterocycles. The molecule has 1 unspecified atom stereocenters. The molecule has 37 heavy (non-hydrogen) atoms. The zero-order valence-electron chi connectivity index (χ0n) is 22.1. The van der Waals surface area contributed by atoms with Crippen LogP contribution in [-0.2, 0) is 20.8 Å². The molecule has 3 atom stereocenters. The summed E-state index contributed by atoms with van der Waals surface area (Å²) < 4.78 is 37.8. The van der Waals surface area contributed by atoms with E-state index in [4.69, 9.17) is 24.6 Å². The molecule has 3 rings (SSSR count). The molecule has 2 aromatic carbocycles. The summed E-state index contributed by atoms with van der Waals surface area (Å²) in [5, 5.41) is 11.3. The van der Waals surface area contributed by atoms with Gasteiger partial charge in [-0.25, -0.2) is 8.51 Å². The van der Waals surface area contributed by atoms with Crippen LogP contribution in [0.25, 0.3) is 0 Å². The predicted octanol–water partition coefficient (Wildman–Crippen LogP) is 3.49. The number of aliphatic hydroxyl groups is 1. The normalized spacial score (nSPS) is 16.0. The van der Waals surface area contributed by atoms with Crippen molar-refractivity contribution in [2.75, 3.05) is 33.2 Å². The Morgan fingerprint density at radius 1 is 1.16 bits per heavy atom. The van der Waals surface area contributed by atoms with Gasteiger partial charge < -0.3 is 29.7 Å². The maximum Gasteiger partial charge on any atom is 0.300 e. The second-order valence-electron chi connectivity index (χ2n) is 9.65. The highest BCUT2D eigenvalue weighted by Gasteiger charge is 2.29. The SMILES string of the molecule is C=S(=O)(c1ccc2c(c1)OCO2)N(CC(C)C)C[C@@H](O)[C@@H]([B]OCN)Cc1ccc(OCCCC)cc1. The van der Waals surface area contributed by atoms with Crippen LogP contribution in [0.1, 0.15) is 39.2 Å². The van der Waals surface area contributed by atoms with Gasteiger partial charge in [0.2, 0.25) is 6.79 Å². The van der Waals surface area contributed by atoms with Crippen molar-refractivity contribution in [1.82, 2.24) is 4.31 Å². The Labute approximate surface area is 222 Å². The Balaban J connectivity index is 1.75. The second kappa shape index (κ2) is 14.1. The number of hydrogen-bond acceptors (Lipinski definition) is 7. The first-order valence-corrected chi connectivity index (χ1v) is 14.5. The molecule has 1 radical (unpaired) electrons. The molecule has 1 aliphatic heterocycles. The van der Waals surface area contributed by atoms with Crippen LogP contribution >= 0.6 is 0 Å². The maximum absolute atomic E-state index is 14.0. The van der Waals surface area contributed by atoms with Gasteiger partial charge in [-0.05, 0) is 60.3 Å². The van der Waals surface area contributed by atoms with Crippen molar-refractivity contribution >= 4 is 23.1 Å². The minimum Gasteiger partial charge on any atom is -0.494 e. The van der Waals surface area contributed by atoms with Crippen molar-refractivity contribution < 1.29 is 28.2 Å². The zero-order chi connectivity index (χ0) is 26.8. The van der Waals surface area contributed by atoms with Crippen LogP contribution in [0.2, 0.25) is 5.82 Å². The molecule has 2 aromatic rings. The number of unbranched alkanes of at least 4 members (excludes halogenated alkanes) is 1. The van der Waals surface area contributed by atoms with Crippen LogP contribution in [0.3, 0.4) is 0 Å². The first-order valence-electron chi connectivity index (χ1n) is 12.8. The smallest absolute Gasteiger partial charge is 0.300 e. The Bertz CT molecular complexity index is 1080. The Kier molecular flexibility index (Phi) is 11.1. The standard InChI is InChI=1S/C27H40BN2O6S/c1-5-6-13-33-22-9-7-21(8-10-22)14-24(28-36-18-29)25(31)17-30(16-20(2)3)37(4,32)23-11-12-26-27(15-23)35-19-34-26/h7-12,15,20,24-25,31H,4-6,13-14,16-19,29H2,1-3H3/t24-,25+,37?/m0/s1. The minimum atomic E-state index is -2.91. The molecular formula is C27H40BN2O6S. The number of nitrogens with two attached hydrogens (primary N) is 1. The Morgan fingerprint density at radius 2 is 1.89 bits per heavy atom. The summed E-state index contributed by atoms with van der Waals surface area (Å²) in [7, 11) is -1.34. The molecule has 0 fully saturated rings. The lowest BCUT2D eigenvalue weighted by molar-refractivity contribution is 0.129. The first kappa shape index (κ1) is 29.3. The molecule has 0 bridgehead atoms. The summed E-state index contributed by atoms with van der Waals surface area (Å²) in [6.07, 6.45) is 1.74. The average molecular weight is 532 g/mol. The fourth-order valence-electron chi connectivity index (χ4n) is 4.07. The monoisotopic (exact) mass is 531 g/mol. The Morgan fingerprint density at radius 3 is 2.57 bits per heavy atom. The van der Waals surface area contributed by atoms with Crippen LogP contribution in [0.15, 0.2) is 47.4 Å². The predicted molar refractivity (Wildman–Crippen MR) is 149 cm³/mol. The third kappa shape index (κ3) is 8.38. The number of rotatable bonds is 16. The third-order valence-electron chi connectivity index (χ3n) is 6.11. The fourth-order valence-corrected chi connectivity index (χ4v) is 5.88.